The molecule has 0 unspecified atom stereocenters. The lowest BCUT2D eigenvalue weighted by atomic mass is 9.81. The van der Waals surface area contributed by atoms with Gasteiger partial charge in [-0.05, 0) is 52.0 Å². The smallest absolute Gasteiger partial charge is 0.394 e. The van der Waals surface area contributed by atoms with Gasteiger partial charge in [-0.2, -0.15) is 11.3 Å². The van der Waals surface area contributed by atoms with Crippen LogP contribution in [0.3, 0.4) is 0 Å². The quantitative estimate of drug-likeness (QED) is 0.637. The maximum atomic E-state index is 6.48. The molecular weight excluding hydrogens is 291 g/mol. The topological polar surface area (TPSA) is 18.5 Å². The molecule has 1 saturated heterocycles. The van der Waals surface area contributed by atoms with E-state index in [2.05, 4.69) is 67.1 Å². The second-order valence-electron chi connectivity index (χ2n) is 6.40. The highest BCUT2D eigenvalue weighted by Crippen LogP contribution is 2.59. The summed E-state index contributed by atoms with van der Waals surface area (Å²) in [5.74, 6) is 0. The largest absolute Gasteiger partial charge is 0.496 e. The molecule has 22 heavy (non-hydrogen) atoms. The van der Waals surface area contributed by atoms with Gasteiger partial charge in [0.25, 0.3) is 0 Å². The lowest BCUT2D eigenvalue weighted by Crippen LogP contribution is -2.38. The molecule has 108 valence electrons. The first-order chi connectivity index (χ1) is 10.6. The van der Waals surface area contributed by atoms with Gasteiger partial charge in [-0.3, -0.25) is 0 Å². The van der Waals surface area contributed by atoms with Crippen LogP contribution in [0.2, 0.25) is 0 Å². The summed E-state index contributed by atoms with van der Waals surface area (Å²) in [6, 6.07) is 15.0. The van der Waals surface area contributed by atoms with Crippen molar-refractivity contribution in [3.05, 3.63) is 64.4 Å². The van der Waals surface area contributed by atoms with Crippen molar-refractivity contribution in [2.75, 3.05) is 0 Å². The molecule has 0 bridgehead atoms. The van der Waals surface area contributed by atoms with Crippen molar-refractivity contribution in [2.45, 2.75) is 25.0 Å². The van der Waals surface area contributed by atoms with Crippen LogP contribution in [0.15, 0.2) is 53.2 Å². The molecule has 0 radical (unpaired) electrons. The Morgan fingerprint density at radius 2 is 1.55 bits per heavy atom. The molecule has 0 amide bonds. The van der Waals surface area contributed by atoms with E-state index in [4.69, 9.17) is 9.31 Å². The summed E-state index contributed by atoms with van der Waals surface area (Å²) >= 11 is 1.67. The molecule has 5 rings (SSSR count). The standard InChI is InChI=1S/C18H15BO2S/c1-17-14-7-3-5-12-6-4-8-15(16(12)14)18(17,2)21-19(20-17)13-9-10-22-11-13/h3-11H,1-2H3/t17-,18+. The summed E-state index contributed by atoms with van der Waals surface area (Å²) in [5.41, 5.74) is 2.67. The minimum Gasteiger partial charge on any atom is -0.394 e. The Morgan fingerprint density at radius 3 is 2.09 bits per heavy atom. The molecule has 3 aromatic rings. The molecule has 1 fully saturated rings. The van der Waals surface area contributed by atoms with Crippen LogP contribution >= 0.6 is 11.3 Å². The van der Waals surface area contributed by atoms with Gasteiger partial charge in [0.1, 0.15) is 11.2 Å². The Morgan fingerprint density at radius 1 is 0.909 bits per heavy atom. The van der Waals surface area contributed by atoms with Gasteiger partial charge in [-0.15, -0.1) is 0 Å². The monoisotopic (exact) mass is 306 g/mol. The van der Waals surface area contributed by atoms with Gasteiger partial charge in [0, 0.05) is 0 Å². The number of fused-ring (bicyclic) bond motifs is 3. The molecule has 2 atom stereocenters. The third-order valence-corrected chi connectivity index (χ3v) is 6.05. The zero-order chi connectivity index (χ0) is 14.9. The SMILES string of the molecule is C[C@@]12OB(c3ccsc3)O[C@]1(C)c1cccc3cccc2c13. The molecular formula is C18H15BO2S. The van der Waals surface area contributed by atoms with Gasteiger partial charge < -0.3 is 9.31 Å². The van der Waals surface area contributed by atoms with E-state index in [0.717, 1.165) is 5.46 Å². The minimum absolute atomic E-state index is 0.301. The minimum atomic E-state index is -0.456. The zero-order valence-electron chi connectivity index (χ0n) is 12.5. The molecule has 0 N–H and O–H groups in total. The predicted octanol–water partition coefficient (Wildman–Crippen LogP) is 3.79. The fourth-order valence-corrected chi connectivity index (χ4v) is 4.66. The molecule has 4 heteroatoms. The summed E-state index contributed by atoms with van der Waals surface area (Å²) < 4.78 is 13.0. The van der Waals surface area contributed by atoms with Gasteiger partial charge in [0.2, 0.25) is 0 Å². The highest BCUT2D eigenvalue weighted by Gasteiger charge is 2.63. The number of hydrogen-bond acceptors (Lipinski definition) is 3. The molecule has 0 saturated carbocycles. The van der Waals surface area contributed by atoms with Gasteiger partial charge in [0.05, 0.1) is 0 Å². The lowest BCUT2D eigenvalue weighted by Gasteiger charge is -2.34. The maximum Gasteiger partial charge on any atom is 0.496 e. The first kappa shape index (κ1) is 12.9. The van der Waals surface area contributed by atoms with E-state index in [0.29, 0.717) is 0 Å². The van der Waals surface area contributed by atoms with Crippen molar-refractivity contribution >= 4 is 34.7 Å². The van der Waals surface area contributed by atoms with Crippen molar-refractivity contribution < 1.29 is 9.31 Å². The Bertz CT molecular complexity index is 838. The molecule has 1 aliphatic carbocycles. The molecule has 2 nitrogen and oxygen atoms in total. The van der Waals surface area contributed by atoms with Crippen LogP contribution < -0.4 is 5.46 Å². The van der Waals surface area contributed by atoms with Crippen molar-refractivity contribution in [3.63, 3.8) is 0 Å². The predicted molar refractivity (Wildman–Crippen MR) is 90.5 cm³/mol. The highest BCUT2D eigenvalue weighted by molar-refractivity contribution is 7.09. The Kier molecular flexibility index (Phi) is 2.35. The third kappa shape index (κ3) is 1.34. The molecule has 0 spiro atoms. The second-order valence-corrected chi connectivity index (χ2v) is 7.18. The van der Waals surface area contributed by atoms with Crippen LogP contribution in [0.1, 0.15) is 25.0 Å². The zero-order valence-corrected chi connectivity index (χ0v) is 13.3. The van der Waals surface area contributed by atoms with E-state index in [-0.39, 0.29) is 7.12 Å². The fraction of sp³-hybridized carbons (Fsp3) is 0.222. The third-order valence-electron chi connectivity index (χ3n) is 5.34. The van der Waals surface area contributed by atoms with Gasteiger partial charge in [-0.1, -0.05) is 42.5 Å². The number of thiophene rings is 1. The molecule has 2 heterocycles. The molecule has 2 aromatic carbocycles. The average Bonchev–Trinajstić information content (AvgIpc) is 3.17. The van der Waals surface area contributed by atoms with Gasteiger partial charge in [0.15, 0.2) is 0 Å². The summed E-state index contributed by atoms with van der Waals surface area (Å²) in [7, 11) is -0.301. The van der Waals surface area contributed by atoms with E-state index >= 15 is 0 Å². The summed E-state index contributed by atoms with van der Waals surface area (Å²) in [4.78, 5) is 0. The first-order valence-corrected chi connectivity index (χ1v) is 8.48. The van der Waals surface area contributed by atoms with Crippen molar-refractivity contribution in [2.24, 2.45) is 0 Å². The summed E-state index contributed by atoms with van der Waals surface area (Å²) in [6.45, 7) is 4.32. The van der Waals surface area contributed by atoms with Crippen LogP contribution in [0.4, 0.5) is 0 Å². The van der Waals surface area contributed by atoms with Crippen LogP contribution in [0, 0.1) is 0 Å². The summed E-state index contributed by atoms with van der Waals surface area (Å²) in [6.07, 6.45) is 0. The summed E-state index contributed by atoms with van der Waals surface area (Å²) in [5, 5.41) is 6.71. The van der Waals surface area contributed by atoms with Crippen molar-refractivity contribution in [3.8, 4) is 0 Å². The van der Waals surface area contributed by atoms with E-state index in [9.17, 15) is 0 Å². The fourth-order valence-electron chi connectivity index (χ4n) is 4.00. The number of hydrogen-bond donors (Lipinski definition) is 0. The number of rotatable bonds is 1. The number of benzene rings is 2. The highest BCUT2D eigenvalue weighted by atomic mass is 32.1. The normalized spacial score (nSPS) is 29.3. The molecule has 1 aromatic heterocycles. The van der Waals surface area contributed by atoms with Crippen LogP contribution in [0.25, 0.3) is 10.8 Å². The maximum absolute atomic E-state index is 6.48. The van der Waals surface area contributed by atoms with E-state index in [1.54, 1.807) is 11.3 Å². The van der Waals surface area contributed by atoms with E-state index in [1.165, 1.54) is 21.9 Å². The first-order valence-electron chi connectivity index (χ1n) is 7.54. The van der Waals surface area contributed by atoms with E-state index in [1.807, 2.05) is 0 Å². The van der Waals surface area contributed by atoms with Crippen LogP contribution in [-0.2, 0) is 20.5 Å². The van der Waals surface area contributed by atoms with Crippen LogP contribution in [0.5, 0.6) is 0 Å². The Balaban J connectivity index is 1.76. The molecule has 1 aliphatic heterocycles. The second kappa shape index (κ2) is 4.02. The van der Waals surface area contributed by atoms with Crippen molar-refractivity contribution in [1.29, 1.82) is 0 Å². The molecule has 2 aliphatic rings. The van der Waals surface area contributed by atoms with Crippen LogP contribution in [-0.4, -0.2) is 7.12 Å². The van der Waals surface area contributed by atoms with Gasteiger partial charge in [-0.25, -0.2) is 0 Å². The Labute approximate surface area is 133 Å². The lowest BCUT2D eigenvalue weighted by molar-refractivity contribution is -0.0222. The van der Waals surface area contributed by atoms with Crippen molar-refractivity contribution in [1.82, 2.24) is 0 Å². The Hall–Kier alpha value is -1.62. The van der Waals surface area contributed by atoms with Gasteiger partial charge >= 0.3 is 7.12 Å². The van der Waals surface area contributed by atoms with E-state index < -0.39 is 11.2 Å². The average molecular weight is 306 g/mol.